The van der Waals surface area contributed by atoms with Gasteiger partial charge in [0.05, 0.1) is 0 Å². The third kappa shape index (κ3) is 936. The van der Waals surface area contributed by atoms with Gasteiger partial charge in [-0.15, -0.1) is 0 Å². The topological polar surface area (TPSA) is 316 Å². The molecule has 0 saturated heterocycles. The average Bonchev–Trinajstić information content (AvgIpc) is 1.62. The molecular weight excluding hydrogens is 485 g/mol. The summed E-state index contributed by atoms with van der Waals surface area (Å²) in [6.07, 6.45) is 0. The molecule has 0 aromatic heterocycles. The van der Waals surface area contributed by atoms with E-state index in [4.69, 9.17) is 73.5 Å². The Balaban J connectivity index is -0.0000000284. The molecule has 0 radical (unpaired) electrons. The standard InChI is InChI=1S/2K.Mg.2H3O4P.2H2O4S/c;;;4*1-5(2,3)4/h;;;2*(H3,1,2,3,4);2*(H2,1,2,3,4)/q2*+1;+2;;;;/p-4. The van der Waals surface area contributed by atoms with E-state index in [0.717, 1.165) is 0 Å². The van der Waals surface area contributed by atoms with Crippen molar-refractivity contribution in [1.82, 2.24) is 0 Å². The van der Waals surface area contributed by atoms with Crippen LogP contribution in [-0.4, -0.2) is 87.5 Å². The van der Waals surface area contributed by atoms with E-state index in [0.29, 0.717) is 0 Å². The van der Waals surface area contributed by atoms with Crippen LogP contribution in [0.1, 0.15) is 0 Å². The molecule has 23 heteroatoms. The van der Waals surface area contributed by atoms with Crippen LogP contribution in [0.4, 0.5) is 0 Å². The number of phosphoric acid groups is 2. The molecule has 23 heavy (non-hydrogen) atoms. The van der Waals surface area contributed by atoms with E-state index in [1.807, 2.05) is 0 Å². The predicted molar refractivity (Wildman–Crippen MR) is 55.2 cm³/mol. The Morgan fingerprint density at radius 1 is 0.565 bits per heavy atom. The minimum absolute atomic E-state index is 0. The van der Waals surface area contributed by atoms with Crippen molar-refractivity contribution < 1.29 is 176 Å². The van der Waals surface area contributed by atoms with E-state index in [9.17, 15) is 0 Å². The molecular formula is H6K2MgO16P2S2. The predicted octanol–water partition coefficient (Wildman–Crippen LogP) is -10.9. The zero-order chi connectivity index (χ0) is 18.0. The third-order valence-electron chi connectivity index (χ3n) is 0. The molecule has 16 nitrogen and oxygen atoms in total. The quantitative estimate of drug-likeness (QED) is 0.0793. The largest absolute Gasteiger partial charge is 2.00 e. The molecule has 0 saturated carbocycles. The van der Waals surface area contributed by atoms with E-state index >= 15 is 0 Å². The van der Waals surface area contributed by atoms with Crippen LogP contribution in [0.2, 0.25) is 0 Å². The van der Waals surface area contributed by atoms with Gasteiger partial charge in [0.25, 0.3) is 0 Å². The molecule has 0 amide bonds. The van der Waals surface area contributed by atoms with Crippen LogP contribution in [-0.2, 0) is 29.9 Å². The Morgan fingerprint density at radius 3 is 0.565 bits per heavy atom. The van der Waals surface area contributed by atoms with Gasteiger partial charge in [0, 0.05) is 20.8 Å². The van der Waals surface area contributed by atoms with Crippen LogP contribution in [0.25, 0.3) is 0 Å². The van der Waals surface area contributed by atoms with Gasteiger partial charge >= 0.3 is 141 Å². The van der Waals surface area contributed by atoms with Crippen molar-refractivity contribution in [3.8, 4) is 0 Å². The molecule has 6 N–H and O–H groups in total. The molecule has 0 aromatic carbocycles. The van der Waals surface area contributed by atoms with Gasteiger partial charge in [0.1, 0.15) is 0 Å². The molecule has 0 aliphatic rings. The van der Waals surface area contributed by atoms with Crippen molar-refractivity contribution in [1.29, 1.82) is 0 Å². The first kappa shape index (κ1) is 45.6. The molecule has 0 heterocycles. The van der Waals surface area contributed by atoms with Crippen molar-refractivity contribution in [2.45, 2.75) is 0 Å². The first-order valence-electron chi connectivity index (χ1n) is 2.90. The van der Waals surface area contributed by atoms with E-state index in [1.54, 1.807) is 0 Å². The van der Waals surface area contributed by atoms with Gasteiger partial charge in [-0.3, -0.25) is 16.8 Å². The first-order valence-corrected chi connectivity index (χ1v) is 8.70. The summed E-state index contributed by atoms with van der Waals surface area (Å²) >= 11 is 0. The summed E-state index contributed by atoms with van der Waals surface area (Å²) in [5.41, 5.74) is 0. The third-order valence-corrected chi connectivity index (χ3v) is 0. The Labute approximate surface area is 231 Å². The first-order chi connectivity index (χ1) is 8.00. The van der Waals surface area contributed by atoms with Crippen LogP contribution >= 0.6 is 15.6 Å². The zero-order valence-corrected chi connectivity index (χ0v) is 22.3. The molecule has 0 bridgehead atoms. The maximum absolute atomic E-state index is 8.88. The van der Waals surface area contributed by atoms with Crippen molar-refractivity contribution in [2.24, 2.45) is 0 Å². The van der Waals surface area contributed by atoms with Crippen LogP contribution < -0.4 is 103 Å². The second-order valence-corrected chi connectivity index (χ2v) is 5.53. The molecule has 0 atom stereocenters. The second kappa shape index (κ2) is 20.7. The molecule has 0 unspecified atom stereocenters. The monoisotopic (exact) mass is 490 g/mol. The second-order valence-electron chi connectivity index (χ2n) is 1.84. The van der Waals surface area contributed by atoms with E-state index in [2.05, 4.69) is 0 Å². The maximum Gasteiger partial charge on any atom is 2.00 e. The Hall–Kier alpha value is 4.00. The van der Waals surface area contributed by atoms with Crippen molar-refractivity contribution in [2.75, 3.05) is 0 Å². The van der Waals surface area contributed by atoms with Crippen molar-refractivity contribution >= 4 is 59.5 Å². The molecule has 0 spiro atoms. The Bertz CT molecular complexity index is 440. The van der Waals surface area contributed by atoms with Crippen molar-refractivity contribution in [3.05, 3.63) is 0 Å². The molecule has 0 aliphatic carbocycles. The van der Waals surface area contributed by atoms with E-state index in [-0.39, 0.29) is 126 Å². The zero-order valence-electron chi connectivity index (χ0n) is 11.2. The number of rotatable bonds is 0. The van der Waals surface area contributed by atoms with Gasteiger partial charge in [-0.25, -0.2) is 9.13 Å². The van der Waals surface area contributed by atoms with Crippen LogP contribution in [0.5, 0.6) is 0 Å². The summed E-state index contributed by atoms with van der Waals surface area (Å²) in [6.45, 7) is 0. The number of hydrogen-bond donors (Lipinski definition) is 6. The summed E-state index contributed by atoms with van der Waals surface area (Å²) in [5, 5.41) is 0. The molecule has 0 aromatic rings. The normalized spacial score (nSPS) is 10.2. The van der Waals surface area contributed by atoms with Crippen LogP contribution in [0.15, 0.2) is 0 Å². The van der Waals surface area contributed by atoms with Gasteiger partial charge < -0.3 is 47.6 Å². The molecule has 128 valence electrons. The Morgan fingerprint density at radius 2 is 0.565 bits per heavy atom. The average molecular weight is 491 g/mol. The van der Waals surface area contributed by atoms with Gasteiger partial charge in [-0.2, -0.15) is 0 Å². The fraction of sp³-hybridized carbons (Fsp3) is 0. The van der Waals surface area contributed by atoms with Crippen LogP contribution in [0, 0.1) is 0 Å². The van der Waals surface area contributed by atoms with Crippen molar-refractivity contribution in [3.63, 3.8) is 0 Å². The summed E-state index contributed by atoms with van der Waals surface area (Å²) in [7, 11) is -19.6. The summed E-state index contributed by atoms with van der Waals surface area (Å²) < 4.78 is 85.9. The number of hydrogen-bond acceptors (Lipinski definition) is 10. The van der Waals surface area contributed by atoms with Gasteiger partial charge in [-0.05, 0) is 0 Å². The Kier molecular flexibility index (Phi) is 41.1. The van der Waals surface area contributed by atoms with E-state index in [1.165, 1.54) is 0 Å². The minimum Gasteiger partial charge on any atom is -0.759 e. The molecule has 0 fully saturated rings. The fourth-order valence-electron chi connectivity index (χ4n) is 0. The molecule has 0 rings (SSSR count). The van der Waals surface area contributed by atoms with Gasteiger partial charge in [0.15, 0.2) is 0 Å². The molecule has 0 aliphatic heterocycles. The summed E-state index contributed by atoms with van der Waals surface area (Å²) in [5.74, 6) is 0. The van der Waals surface area contributed by atoms with Gasteiger partial charge in [-0.1, -0.05) is 0 Å². The summed E-state index contributed by atoms with van der Waals surface area (Å²) in [4.78, 5) is 43.1. The van der Waals surface area contributed by atoms with Crippen LogP contribution in [0.3, 0.4) is 0 Å². The summed E-state index contributed by atoms with van der Waals surface area (Å²) in [6, 6.07) is 0. The fourth-order valence-corrected chi connectivity index (χ4v) is 0. The van der Waals surface area contributed by atoms with Gasteiger partial charge in [0.2, 0.25) is 0 Å². The maximum atomic E-state index is 8.88. The smallest absolute Gasteiger partial charge is 0.759 e. The minimum atomic E-state index is -5.17. The SMILES string of the molecule is O=P(O)(O)O.O=P(O)(O)O.O=S(=O)([O-])[O-].O=S(=O)([O-])[O-].[K+].[K+].[Mg+2]. The van der Waals surface area contributed by atoms with E-state index < -0.39 is 36.4 Å².